The molecule has 17 heavy (non-hydrogen) atoms. The maximum Gasteiger partial charge on any atom is 0.0675 e. The van der Waals surface area contributed by atoms with Crippen molar-refractivity contribution in [3.8, 4) is 6.07 Å². The molecule has 0 N–H and O–H groups in total. The molecule has 0 radical (unpaired) electrons. The molecule has 2 nitrogen and oxygen atoms in total. The van der Waals surface area contributed by atoms with Crippen LogP contribution in [-0.2, 0) is 6.54 Å². The summed E-state index contributed by atoms with van der Waals surface area (Å²) < 4.78 is 0. The highest BCUT2D eigenvalue weighted by Crippen LogP contribution is 2.30. The molecule has 2 atom stereocenters. The minimum absolute atomic E-state index is 0.174. The van der Waals surface area contributed by atoms with Crippen LogP contribution in [0.15, 0.2) is 30.3 Å². The lowest BCUT2D eigenvalue weighted by molar-refractivity contribution is 0.0399. The summed E-state index contributed by atoms with van der Waals surface area (Å²) in [6, 6.07) is 13.5. The molecular formula is C15H20N2. The van der Waals surface area contributed by atoms with Crippen molar-refractivity contribution >= 4 is 0 Å². The fraction of sp³-hybridized carbons (Fsp3) is 0.533. The van der Waals surface area contributed by atoms with Crippen molar-refractivity contribution in [1.82, 2.24) is 4.90 Å². The molecule has 90 valence electrons. The lowest BCUT2D eigenvalue weighted by Crippen LogP contribution is -2.52. The smallest absolute Gasteiger partial charge is 0.0675 e. The predicted molar refractivity (Wildman–Crippen MR) is 69.2 cm³/mol. The minimum Gasteiger partial charge on any atom is -0.295 e. The summed E-state index contributed by atoms with van der Waals surface area (Å²) in [6.07, 6.45) is 1.17. The van der Waals surface area contributed by atoms with E-state index >= 15 is 0 Å². The Balaban J connectivity index is 1.98. The Labute approximate surface area is 104 Å². The van der Waals surface area contributed by atoms with E-state index in [-0.39, 0.29) is 5.92 Å². The van der Waals surface area contributed by atoms with Crippen LogP contribution in [0, 0.1) is 23.2 Å². The van der Waals surface area contributed by atoms with Gasteiger partial charge < -0.3 is 0 Å². The van der Waals surface area contributed by atoms with Crippen molar-refractivity contribution in [2.75, 3.05) is 6.54 Å². The topological polar surface area (TPSA) is 27.0 Å². The van der Waals surface area contributed by atoms with Gasteiger partial charge in [-0.1, -0.05) is 44.2 Å². The first-order valence-electron chi connectivity index (χ1n) is 6.40. The number of benzene rings is 1. The molecule has 1 saturated heterocycles. The van der Waals surface area contributed by atoms with Gasteiger partial charge in [0.2, 0.25) is 0 Å². The molecule has 0 aliphatic carbocycles. The van der Waals surface area contributed by atoms with E-state index in [4.69, 9.17) is 0 Å². The van der Waals surface area contributed by atoms with Gasteiger partial charge in [-0.05, 0) is 17.9 Å². The van der Waals surface area contributed by atoms with Crippen LogP contribution in [0.1, 0.15) is 25.8 Å². The van der Waals surface area contributed by atoms with Gasteiger partial charge >= 0.3 is 0 Å². The molecule has 1 heterocycles. The zero-order valence-corrected chi connectivity index (χ0v) is 10.6. The van der Waals surface area contributed by atoms with Crippen LogP contribution in [0.4, 0.5) is 0 Å². The standard InChI is InChI=1S/C15H20N2/c1-12(2)14(10-16)15-8-9-17(15)11-13-6-4-3-5-7-13/h3-7,12,14-15H,8-9,11H2,1-2H3. The highest BCUT2D eigenvalue weighted by molar-refractivity contribution is 5.15. The van der Waals surface area contributed by atoms with E-state index in [9.17, 15) is 5.26 Å². The lowest BCUT2D eigenvalue weighted by Gasteiger charge is -2.44. The zero-order chi connectivity index (χ0) is 12.3. The summed E-state index contributed by atoms with van der Waals surface area (Å²) in [4.78, 5) is 2.43. The normalized spacial score (nSPS) is 21.9. The largest absolute Gasteiger partial charge is 0.295 e. The summed E-state index contributed by atoms with van der Waals surface area (Å²) in [5, 5.41) is 9.24. The number of nitrogens with zero attached hydrogens (tertiary/aromatic N) is 2. The van der Waals surface area contributed by atoms with Gasteiger partial charge in [0.05, 0.1) is 12.0 Å². The first-order chi connectivity index (χ1) is 8.22. The van der Waals surface area contributed by atoms with E-state index in [1.807, 2.05) is 6.07 Å². The van der Waals surface area contributed by atoms with Crippen molar-refractivity contribution in [3.63, 3.8) is 0 Å². The van der Waals surface area contributed by atoms with E-state index < -0.39 is 0 Å². The maximum absolute atomic E-state index is 9.24. The summed E-state index contributed by atoms with van der Waals surface area (Å²) in [5.41, 5.74) is 1.35. The van der Waals surface area contributed by atoms with Gasteiger partial charge in [-0.15, -0.1) is 0 Å². The third-order valence-electron chi connectivity index (χ3n) is 3.69. The van der Waals surface area contributed by atoms with Gasteiger partial charge in [-0.3, -0.25) is 4.90 Å². The fourth-order valence-electron chi connectivity index (χ4n) is 2.56. The van der Waals surface area contributed by atoms with Crippen LogP contribution in [0.2, 0.25) is 0 Å². The van der Waals surface area contributed by atoms with Crippen LogP contribution in [0.25, 0.3) is 0 Å². The molecular weight excluding hydrogens is 208 g/mol. The van der Waals surface area contributed by atoms with E-state index in [1.54, 1.807) is 0 Å². The van der Waals surface area contributed by atoms with Gasteiger partial charge in [0.25, 0.3) is 0 Å². The van der Waals surface area contributed by atoms with E-state index in [0.29, 0.717) is 12.0 Å². The second-order valence-electron chi connectivity index (χ2n) is 5.21. The first kappa shape index (κ1) is 12.1. The molecule has 2 rings (SSSR count). The van der Waals surface area contributed by atoms with Gasteiger partial charge in [-0.2, -0.15) is 5.26 Å². The average Bonchev–Trinajstić information content (AvgIpc) is 2.32. The van der Waals surface area contributed by atoms with E-state index in [1.165, 1.54) is 12.0 Å². The average molecular weight is 228 g/mol. The highest BCUT2D eigenvalue weighted by Gasteiger charge is 2.36. The quantitative estimate of drug-likeness (QED) is 0.792. The van der Waals surface area contributed by atoms with Gasteiger partial charge in [0, 0.05) is 19.1 Å². The minimum atomic E-state index is 0.174. The summed E-state index contributed by atoms with van der Waals surface area (Å²) in [5.74, 6) is 0.621. The van der Waals surface area contributed by atoms with Crippen molar-refractivity contribution in [2.24, 2.45) is 11.8 Å². The van der Waals surface area contributed by atoms with Crippen molar-refractivity contribution in [3.05, 3.63) is 35.9 Å². The summed E-state index contributed by atoms with van der Waals surface area (Å²) in [6.45, 7) is 6.40. The molecule has 1 aromatic carbocycles. The third kappa shape index (κ3) is 2.68. The molecule has 1 fully saturated rings. The SMILES string of the molecule is CC(C)C(C#N)C1CCN1Cc1ccccc1. The number of rotatable bonds is 4. The van der Waals surface area contributed by atoms with Crippen molar-refractivity contribution in [1.29, 1.82) is 5.26 Å². The lowest BCUT2D eigenvalue weighted by atomic mass is 9.82. The fourth-order valence-corrected chi connectivity index (χ4v) is 2.56. The van der Waals surface area contributed by atoms with Crippen molar-refractivity contribution < 1.29 is 0 Å². The van der Waals surface area contributed by atoms with Crippen LogP contribution in [-0.4, -0.2) is 17.5 Å². The first-order valence-corrected chi connectivity index (χ1v) is 6.40. The Morgan fingerprint density at radius 3 is 2.53 bits per heavy atom. The Hall–Kier alpha value is -1.33. The molecule has 0 bridgehead atoms. The molecule has 1 aliphatic rings. The van der Waals surface area contributed by atoms with Gasteiger partial charge in [0.1, 0.15) is 0 Å². The number of likely N-dealkylation sites (tertiary alicyclic amines) is 1. The number of hydrogen-bond acceptors (Lipinski definition) is 2. The van der Waals surface area contributed by atoms with Crippen molar-refractivity contribution in [2.45, 2.75) is 32.9 Å². The van der Waals surface area contributed by atoms with Gasteiger partial charge in [0.15, 0.2) is 0 Å². The van der Waals surface area contributed by atoms with E-state index in [2.05, 4.69) is 49.1 Å². The van der Waals surface area contributed by atoms with Crippen LogP contribution in [0.5, 0.6) is 0 Å². The maximum atomic E-state index is 9.24. The molecule has 0 amide bonds. The Kier molecular flexibility index (Phi) is 3.81. The van der Waals surface area contributed by atoms with Crippen LogP contribution < -0.4 is 0 Å². The summed E-state index contributed by atoms with van der Waals surface area (Å²) >= 11 is 0. The van der Waals surface area contributed by atoms with Crippen LogP contribution in [0.3, 0.4) is 0 Å². The molecule has 2 unspecified atom stereocenters. The zero-order valence-electron chi connectivity index (χ0n) is 10.6. The molecule has 0 aromatic heterocycles. The molecule has 2 heteroatoms. The second-order valence-corrected chi connectivity index (χ2v) is 5.21. The van der Waals surface area contributed by atoms with Crippen LogP contribution >= 0.6 is 0 Å². The Morgan fingerprint density at radius 1 is 1.35 bits per heavy atom. The number of nitriles is 1. The van der Waals surface area contributed by atoms with E-state index in [0.717, 1.165) is 13.1 Å². The molecule has 0 spiro atoms. The third-order valence-corrected chi connectivity index (χ3v) is 3.69. The molecule has 1 aliphatic heterocycles. The Morgan fingerprint density at radius 2 is 2.06 bits per heavy atom. The molecule has 1 aromatic rings. The van der Waals surface area contributed by atoms with Gasteiger partial charge in [-0.25, -0.2) is 0 Å². The second kappa shape index (κ2) is 5.33. The predicted octanol–water partition coefficient (Wildman–Crippen LogP) is 3.06. The summed E-state index contributed by atoms with van der Waals surface area (Å²) in [7, 11) is 0. The number of hydrogen-bond donors (Lipinski definition) is 0. The highest BCUT2D eigenvalue weighted by atomic mass is 15.2. The monoisotopic (exact) mass is 228 g/mol. The Bertz CT molecular complexity index is 391. The molecule has 0 saturated carbocycles.